The SMILES string of the molecule is CC(C)C1CC2CCC(C)C2C(C(C)C)C1. The maximum absolute atomic E-state index is 2.51. The Morgan fingerprint density at radius 3 is 2.12 bits per heavy atom. The average Bonchev–Trinajstić information content (AvgIpc) is 2.59. The van der Waals surface area contributed by atoms with Crippen LogP contribution in [0, 0.1) is 41.4 Å². The van der Waals surface area contributed by atoms with Gasteiger partial charge in [-0.2, -0.15) is 0 Å². The van der Waals surface area contributed by atoms with E-state index in [4.69, 9.17) is 0 Å². The fourth-order valence-corrected chi connectivity index (χ4v) is 4.63. The van der Waals surface area contributed by atoms with Gasteiger partial charge in [0, 0.05) is 0 Å². The molecule has 2 fully saturated rings. The largest absolute Gasteiger partial charge is 0.0625 e. The standard InChI is InChI=1S/C16H30/c1-10(2)14-8-13-7-6-12(5)16(13)15(9-14)11(3)4/h10-16H,6-9H2,1-5H3. The molecule has 0 radical (unpaired) electrons. The van der Waals surface area contributed by atoms with Crippen LogP contribution >= 0.6 is 0 Å². The van der Waals surface area contributed by atoms with Crippen molar-refractivity contribution in [3.8, 4) is 0 Å². The Bertz CT molecular complexity index is 228. The van der Waals surface area contributed by atoms with Crippen LogP contribution in [0.1, 0.15) is 60.3 Å². The average molecular weight is 222 g/mol. The van der Waals surface area contributed by atoms with Crippen molar-refractivity contribution in [1.29, 1.82) is 0 Å². The lowest BCUT2D eigenvalue weighted by atomic mass is 9.62. The van der Waals surface area contributed by atoms with Crippen molar-refractivity contribution in [1.82, 2.24) is 0 Å². The summed E-state index contributed by atoms with van der Waals surface area (Å²) in [5.74, 6) is 6.97. The molecule has 0 spiro atoms. The van der Waals surface area contributed by atoms with Crippen LogP contribution in [0.5, 0.6) is 0 Å². The molecule has 0 N–H and O–H groups in total. The van der Waals surface area contributed by atoms with Crippen LogP contribution in [-0.4, -0.2) is 0 Å². The number of rotatable bonds is 2. The highest BCUT2D eigenvalue weighted by Crippen LogP contribution is 2.53. The summed E-state index contributed by atoms with van der Waals surface area (Å²) in [6.07, 6.45) is 6.08. The Labute approximate surface area is 102 Å². The van der Waals surface area contributed by atoms with Gasteiger partial charge in [0.1, 0.15) is 0 Å². The summed E-state index contributed by atoms with van der Waals surface area (Å²) in [5.41, 5.74) is 0. The monoisotopic (exact) mass is 222 g/mol. The molecule has 2 aliphatic rings. The van der Waals surface area contributed by atoms with E-state index in [9.17, 15) is 0 Å². The molecule has 5 atom stereocenters. The van der Waals surface area contributed by atoms with Crippen molar-refractivity contribution in [3.63, 3.8) is 0 Å². The van der Waals surface area contributed by atoms with Gasteiger partial charge in [0.25, 0.3) is 0 Å². The first-order valence-corrected chi connectivity index (χ1v) is 7.50. The Balaban J connectivity index is 2.13. The van der Waals surface area contributed by atoms with E-state index in [1.807, 2.05) is 0 Å². The van der Waals surface area contributed by atoms with E-state index in [-0.39, 0.29) is 0 Å². The van der Waals surface area contributed by atoms with Gasteiger partial charge in [0.05, 0.1) is 0 Å². The summed E-state index contributed by atoms with van der Waals surface area (Å²) in [6, 6.07) is 0. The van der Waals surface area contributed by atoms with Crippen molar-refractivity contribution in [2.45, 2.75) is 60.3 Å². The molecule has 0 heterocycles. The minimum atomic E-state index is 0.898. The summed E-state index contributed by atoms with van der Waals surface area (Å²) in [4.78, 5) is 0. The van der Waals surface area contributed by atoms with Crippen LogP contribution in [0.25, 0.3) is 0 Å². The molecule has 2 rings (SSSR count). The molecule has 0 saturated heterocycles. The van der Waals surface area contributed by atoms with Crippen molar-refractivity contribution >= 4 is 0 Å². The van der Waals surface area contributed by atoms with Gasteiger partial charge in [0.15, 0.2) is 0 Å². The fraction of sp³-hybridized carbons (Fsp3) is 1.00. The van der Waals surface area contributed by atoms with Crippen LogP contribution < -0.4 is 0 Å². The van der Waals surface area contributed by atoms with Gasteiger partial charge in [-0.05, 0) is 60.7 Å². The highest BCUT2D eigenvalue weighted by Gasteiger charge is 2.45. The molecule has 0 heteroatoms. The predicted molar refractivity (Wildman–Crippen MR) is 71.3 cm³/mol. The molecular formula is C16H30. The van der Waals surface area contributed by atoms with Gasteiger partial charge in [-0.3, -0.25) is 0 Å². The van der Waals surface area contributed by atoms with E-state index in [0.29, 0.717) is 0 Å². The third-order valence-electron chi connectivity index (χ3n) is 5.67. The maximum atomic E-state index is 2.51. The van der Waals surface area contributed by atoms with E-state index in [1.54, 1.807) is 0 Å². The van der Waals surface area contributed by atoms with E-state index in [2.05, 4.69) is 34.6 Å². The quantitative estimate of drug-likeness (QED) is 0.617. The van der Waals surface area contributed by atoms with Crippen molar-refractivity contribution in [2.75, 3.05) is 0 Å². The molecule has 0 aromatic rings. The van der Waals surface area contributed by atoms with Gasteiger partial charge >= 0.3 is 0 Å². The Morgan fingerprint density at radius 2 is 1.56 bits per heavy atom. The van der Waals surface area contributed by atoms with Crippen LogP contribution in [0.4, 0.5) is 0 Å². The van der Waals surface area contributed by atoms with Crippen LogP contribution in [0.15, 0.2) is 0 Å². The molecule has 5 unspecified atom stereocenters. The number of fused-ring (bicyclic) bond motifs is 1. The molecule has 2 aliphatic carbocycles. The lowest BCUT2D eigenvalue weighted by molar-refractivity contribution is 0.0544. The zero-order chi connectivity index (χ0) is 11.9. The molecule has 0 aromatic heterocycles. The molecule has 2 saturated carbocycles. The lowest BCUT2D eigenvalue weighted by Gasteiger charge is -2.44. The second-order valence-electron chi connectivity index (χ2n) is 7.28. The van der Waals surface area contributed by atoms with Gasteiger partial charge in [0.2, 0.25) is 0 Å². The highest BCUT2D eigenvalue weighted by molar-refractivity contribution is 4.94. The molecule has 0 amide bonds. The van der Waals surface area contributed by atoms with Crippen LogP contribution in [-0.2, 0) is 0 Å². The number of hydrogen-bond acceptors (Lipinski definition) is 0. The van der Waals surface area contributed by atoms with Gasteiger partial charge < -0.3 is 0 Å². The van der Waals surface area contributed by atoms with Crippen molar-refractivity contribution < 1.29 is 0 Å². The molecule has 0 bridgehead atoms. The predicted octanol–water partition coefficient (Wildman–Crippen LogP) is 4.99. The first-order chi connectivity index (χ1) is 7.50. The van der Waals surface area contributed by atoms with E-state index in [0.717, 1.165) is 41.4 Å². The van der Waals surface area contributed by atoms with Crippen molar-refractivity contribution in [3.05, 3.63) is 0 Å². The summed E-state index contributed by atoms with van der Waals surface area (Å²) in [6.45, 7) is 12.3. The molecule has 94 valence electrons. The minimum absolute atomic E-state index is 0.898. The molecule has 16 heavy (non-hydrogen) atoms. The van der Waals surface area contributed by atoms with E-state index in [1.165, 1.54) is 25.7 Å². The van der Waals surface area contributed by atoms with Crippen LogP contribution in [0.3, 0.4) is 0 Å². The van der Waals surface area contributed by atoms with Gasteiger partial charge in [-0.25, -0.2) is 0 Å². The zero-order valence-electron chi connectivity index (χ0n) is 11.9. The Hall–Kier alpha value is 0. The first kappa shape index (κ1) is 12.5. The Kier molecular flexibility index (Phi) is 3.66. The number of hydrogen-bond donors (Lipinski definition) is 0. The topological polar surface area (TPSA) is 0 Å². The molecule has 0 aliphatic heterocycles. The van der Waals surface area contributed by atoms with E-state index < -0.39 is 0 Å². The summed E-state index contributed by atoms with van der Waals surface area (Å²) >= 11 is 0. The third kappa shape index (κ3) is 2.17. The molecule has 0 aromatic carbocycles. The fourth-order valence-electron chi connectivity index (χ4n) is 4.63. The zero-order valence-corrected chi connectivity index (χ0v) is 11.9. The summed E-state index contributed by atoms with van der Waals surface area (Å²) in [7, 11) is 0. The second kappa shape index (κ2) is 4.70. The third-order valence-corrected chi connectivity index (χ3v) is 5.67. The molecule has 0 nitrogen and oxygen atoms in total. The molecular weight excluding hydrogens is 192 g/mol. The lowest BCUT2D eigenvalue weighted by Crippen LogP contribution is -2.36. The smallest absolute Gasteiger partial charge is 0.0329 e. The maximum Gasteiger partial charge on any atom is -0.0329 e. The van der Waals surface area contributed by atoms with Gasteiger partial charge in [-0.1, -0.05) is 41.0 Å². The normalized spacial score (nSPS) is 44.1. The summed E-state index contributed by atoms with van der Waals surface area (Å²) in [5, 5.41) is 0. The first-order valence-electron chi connectivity index (χ1n) is 7.50. The minimum Gasteiger partial charge on any atom is -0.0625 e. The van der Waals surface area contributed by atoms with Gasteiger partial charge in [-0.15, -0.1) is 0 Å². The Morgan fingerprint density at radius 1 is 0.875 bits per heavy atom. The second-order valence-corrected chi connectivity index (χ2v) is 7.28. The summed E-state index contributed by atoms with van der Waals surface area (Å²) < 4.78 is 0. The van der Waals surface area contributed by atoms with E-state index >= 15 is 0 Å². The van der Waals surface area contributed by atoms with Crippen molar-refractivity contribution in [2.24, 2.45) is 41.4 Å². The highest BCUT2D eigenvalue weighted by atomic mass is 14.5. The van der Waals surface area contributed by atoms with Crippen LogP contribution in [0.2, 0.25) is 0 Å².